The monoisotopic (exact) mass is 585 g/mol. The Bertz CT molecular complexity index is 1570. The van der Waals surface area contributed by atoms with Crippen molar-refractivity contribution in [3.63, 3.8) is 0 Å². The molecule has 1 heterocycles. The van der Waals surface area contributed by atoms with Gasteiger partial charge in [-0.1, -0.05) is 60.7 Å². The molecule has 0 saturated heterocycles. The van der Waals surface area contributed by atoms with E-state index in [2.05, 4.69) is 20.9 Å². The minimum atomic E-state index is -1.28. The lowest BCUT2D eigenvalue weighted by atomic mass is 10.0. The van der Waals surface area contributed by atoms with Gasteiger partial charge in [-0.25, -0.2) is 4.79 Å². The summed E-state index contributed by atoms with van der Waals surface area (Å²) >= 11 is 0. The van der Waals surface area contributed by atoms with Crippen LogP contribution in [0.25, 0.3) is 10.9 Å². The predicted molar refractivity (Wildman–Crippen MR) is 161 cm³/mol. The number of phenolic OH excluding ortho intramolecular Hbond substituents is 1. The first kappa shape index (κ1) is 30.8. The molecule has 0 aliphatic carbocycles. The molecule has 224 valence electrons. The average molecular weight is 586 g/mol. The summed E-state index contributed by atoms with van der Waals surface area (Å²) < 4.78 is 0. The number of carbonyl (C=O) groups is 4. The van der Waals surface area contributed by atoms with E-state index in [4.69, 9.17) is 5.73 Å². The maximum Gasteiger partial charge on any atom is 0.326 e. The summed E-state index contributed by atoms with van der Waals surface area (Å²) in [6, 6.07) is 18.3. The molecule has 4 atom stereocenters. The number of H-pyrrole nitrogens is 1. The number of aliphatic carboxylic acids is 1. The van der Waals surface area contributed by atoms with Gasteiger partial charge in [-0.15, -0.1) is 0 Å². The second kappa shape index (κ2) is 14.1. The summed E-state index contributed by atoms with van der Waals surface area (Å²) in [5.74, 6) is -3.10. The van der Waals surface area contributed by atoms with Gasteiger partial charge in [0.15, 0.2) is 0 Å². The Morgan fingerprint density at radius 2 is 1.37 bits per heavy atom. The van der Waals surface area contributed by atoms with Crippen molar-refractivity contribution in [1.82, 2.24) is 20.9 Å². The fourth-order valence-corrected chi connectivity index (χ4v) is 4.71. The maximum absolute atomic E-state index is 13.5. The summed E-state index contributed by atoms with van der Waals surface area (Å²) in [4.78, 5) is 54.5. The van der Waals surface area contributed by atoms with E-state index in [0.717, 1.165) is 16.5 Å². The van der Waals surface area contributed by atoms with Crippen molar-refractivity contribution in [1.29, 1.82) is 0 Å². The number of hydrogen-bond acceptors (Lipinski definition) is 6. The zero-order valence-electron chi connectivity index (χ0n) is 23.6. The van der Waals surface area contributed by atoms with E-state index in [0.29, 0.717) is 11.1 Å². The summed E-state index contributed by atoms with van der Waals surface area (Å²) in [6.07, 6.45) is 2.00. The van der Waals surface area contributed by atoms with E-state index in [9.17, 15) is 29.4 Å². The van der Waals surface area contributed by atoms with Gasteiger partial charge in [-0.2, -0.15) is 0 Å². The first-order valence-corrected chi connectivity index (χ1v) is 13.9. The van der Waals surface area contributed by atoms with E-state index in [1.165, 1.54) is 19.1 Å². The smallest absolute Gasteiger partial charge is 0.326 e. The number of amides is 3. The third-order valence-corrected chi connectivity index (χ3v) is 7.11. The van der Waals surface area contributed by atoms with Crippen LogP contribution in [-0.4, -0.2) is 63.1 Å². The zero-order valence-corrected chi connectivity index (χ0v) is 23.6. The molecule has 4 unspecified atom stereocenters. The Morgan fingerprint density at radius 1 is 0.744 bits per heavy atom. The Hall–Kier alpha value is -5.16. The van der Waals surface area contributed by atoms with Crippen molar-refractivity contribution in [3.05, 3.63) is 102 Å². The van der Waals surface area contributed by atoms with Crippen LogP contribution < -0.4 is 21.7 Å². The molecule has 11 heteroatoms. The SMILES string of the molecule is CC(NC(=O)C(N)Cc1ccccc1)C(=O)NC(Cc1ccc(O)cc1)C(=O)NC(Cc1c[nH]c2ccccc12)C(=O)O. The van der Waals surface area contributed by atoms with E-state index in [1.54, 1.807) is 18.3 Å². The highest BCUT2D eigenvalue weighted by atomic mass is 16.4. The zero-order chi connectivity index (χ0) is 30.9. The van der Waals surface area contributed by atoms with Crippen molar-refractivity contribution in [2.75, 3.05) is 0 Å². The van der Waals surface area contributed by atoms with Gasteiger partial charge in [0.05, 0.1) is 6.04 Å². The molecule has 3 amide bonds. The second-order valence-corrected chi connectivity index (χ2v) is 10.4. The number of rotatable bonds is 13. The first-order chi connectivity index (χ1) is 20.6. The van der Waals surface area contributed by atoms with Crippen LogP contribution in [0.1, 0.15) is 23.6 Å². The van der Waals surface area contributed by atoms with Gasteiger partial charge in [-0.3, -0.25) is 14.4 Å². The molecule has 4 rings (SSSR count). The third-order valence-electron chi connectivity index (χ3n) is 7.11. The molecule has 1 aromatic heterocycles. The highest BCUT2D eigenvalue weighted by Crippen LogP contribution is 2.19. The lowest BCUT2D eigenvalue weighted by Crippen LogP contribution is -2.57. The molecule has 11 nitrogen and oxygen atoms in total. The summed E-state index contributed by atoms with van der Waals surface area (Å²) in [5, 5.41) is 28.2. The van der Waals surface area contributed by atoms with Crippen LogP contribution in [0, 0.1) is 0 Å². The molecule has 0 bridgehead atoms. The van der Waals surface area contributed by atoms with E-state index in [-0.39, 0.29) is 25.0 Å². The van der Waals surface area contributed by atoms with Gasteiger partial charge in [0.1, 0.15) is 23.9 Å². The van der Waals surface area contributed by atoms with Gasteiger partial charge in [0.2, 0.25) is 17.7 Å². The number of nitrogens with one attached hydrogen (secondary N) is 4. The molecule has 0 aliphatic rings. The number of carboxylic acids is 1. The Balaban J connectivity index is 1.45. The lowest BCUT2D eigenvalue weighted by Gasteiger charge is -2.24. The van der Waals surface area contributed by atoms with Crippen LogP contribution in [0.15, 0.2) is 85.1 Å². The van der Waals surface area contributed by atoms with Gasteiger partial charge >= 0.3 is 5.97 Å². The summed E-state index contributed by atoms with van der Waals surface area (Å²) in [5.41, 5.74) is 9.08. The van der Waals surface area contributed by atoms with Crippen molar-refractivity contribution in [2.24, 2.45) is 5.73 Å². The van der Waals surface area contributed by atoms with Crippen LogP contribution in [0.2, 0.25) is 0 Å². The molecule has 0 aliphatic heterocycles. The van der Waals surface area contributed by atoms with Crippen molar-refractivity contribution >= 4 is 34.6 Å². The average Bonchev–Trinajstić information content (AvgIpc) is 3.40. The van der Waals surface area contributed by atoms with Gasteiger partial charge in [0.25, 0.3) is 0 Å². The number of aromatic amines is 1. The van der Waals surface area contributed by atoms with Crippen LogP contribution in [0.4, 0.5) is 0 Å². The molecule has 8 N–H and O–H groups in total. The van der Waals surface area contributed by atoms with Gasteiger partial charge in [0, 0.05) is 29.9 Å². The van der Waals surface area contributed by atoms with Crippen LogP contribution in [0.5, 0.6) is 5.75 Å². The fourth-order valence-electron chi connectivity index (χ4n) is 4.71. The third kappa shape index (κ3) is 8.43. The van der Waals surface area contributed by atoms with E-state index in [1.807, 2.05) is 54.6 Å². The summed E-state index contributed by atoms with van der Waals surface area (Å²) in [7, 11) is 0. The minimum Gasteiger partial charge on any atom is -0.508 e. The van der Waals surface area contributed by atoms with Crippen molar-refractivity contribution < 1.29 is 29.4 Å². The number of fused-ring (bicyclic) bond motifs is 1. The van der Waals surface area contributed by atoms with E-state index < -0.39 is 47.9 Å². The van der Waals surface area contributed by atoms with Gasteiger partial charge < -0.3 is 36.9 Å². The standard InChI is InChI=1S/C32H35N5O6/c1-19(35-30(40)25(33)15-20-7-3-2-4-8-20)29(39)36-27(16-21-11-13-23(38)14-12-21)31(41)37-28(32(42)43)17-22-18-34-26-10-6-5-9-24(22)26/h2-14,18-19,25,27-28,34,38H,15-17,33H2,1H3,(H,35,40)(H,36,39)(H,37,41)(H,42,43). The molecule has 0 spiro atoms. The highest BCUT2D eigenvalue weighted by Gasteiger charge is 2.29. The molecular weight excluding hydrogens is 550 g/mol. The number of aromatic nitrogens is 1. The second-order valence-electron chi connectivity index (χ2n) is 10.4. The summed E-state index contributed by atoms with van der Waals surface area (Å²) in [6.45, 7) is 1.47. The molecule has 0 saturated carbocycles. The normalized spacial score (nSPS) is 13.8. The van der Waals surface area contributed by atoms with E-state index >= 15 is 0 Å². The Kier molecular flexibility index (Phi) is 10.1. The number of hydrogen-bond donors (Lipinski definition) is 7. The van der Waals surface area contributed by atoms with Crippen LogP contribution in [-0.2, 0) is 38.4 Å². The quantitative estimate of drug-likeness (QED) is 0.125. The minimum absolute atomic E-state index is 0.00542. The number of aromatic hydroxyl groups is 1. The van der Waals surface area contributed by atoms with Crippen LogP contribution in [0.3, 0.4) is 0 Å². The molecule has 4 aromatic rings. The maximum atomic E-state index is 13.5. The topological polar surface area (TPSA) is 187 Å². The van der Waals surface area contributed by atoms with Crippen molar-refractivity contribution in [3.8, 4) is 5.75 Å². The first-order valence-electron chi connectivity index (χ1n) is 13.9. The fraction of sp³-hybridized carbons (Fsp3) is 0.250. The Morgan fingerprint density at radius 3 is 2.07 bits per heavy atom. The highest BCUT2D eigenvalue weighted by molar-refractivity contribution is 5.94. The molecular formula is C32H35N5O6. The molecule has 43 heavy (non-hydrogen) atoms. The molecule has 3 aromatic carbocycles. The van der Waals surface area contributed by atoms with Crippen LogP contribution >= 0.6 is 0 Å². The van der Waals surface area contributed by atoms with Gasteiger partial charge in [-0.05, 0) is 48.2 Å². The number of carbonyl (C=O) groups excluding carboxylic acids is 3. The number of nitrogens with two attached hydrogens (primary N) is 1. The number of phenols is 1. The molecule has 0 radical (unpaired) electrons. The Labute approximate surface area is 248 Å². The number of benzene rings is 3. The number of para-hydroxylation sites is 1. The lowest BCUT2D eigenvalue weighted by molar-refractivity contribution is -0.142. The predicted octanol–water partition coefficient (Wildman–Crippen LogP) is 1.79. The molecule has 0 fully saturated rings. The largest absolute Gasteiger partial charge is 0.508 e. The number of carboxylic acid groups (broad SMARTS) is 1. The van der Waals surface area contributed by atoms with Crippen molar-refractivity contribution in [2.45, 2.75) is 50.4 Å².